The number of benzene rings is 1. The summed E-state index contributed by atoms with van der Waals surface area (Å²) in [6, 6.07) is 6.73. The van der Waals surface area contributed by atoms with Gasteiger partial charge in [-0.1, -0.05) is 49.6 Å². The third-order valence-corrected chi connectivity index (χ3v) is 3.06. The van der Waals surface area contributed by atoms with Crippen molar-refractivity contribution in [3.05, 3.63) is 34.9 Å². The van der Waals surface area contributed by atoms with Crippen molar-refractivity contribution in [2.75, 3.05) is 6.61 Å². The molecule has 0 aliphatic heterocycles. The van der Waals surface area contributed by atoms with Crippen LogP contribution in [-0.4, -0.2) is 18.6 Å². The molecule has 1 atom stereocenters. The van der Waals surface area contributed by atoms with Crippen molar-refractivity contribution in [2.45, 2.75) is 38.6 Å². The maximum atomic E-state index is 11.6. The summed E-state index contributed by atoms with van der Waals surface area (Å²) in [5.41, 5.74) is 6.67. The van der Waals surface area contributed by atoms with Gasteiger partial charge in [-0.05, 0) is 24.5 Å². The fourth-order valence-corrected chi connectivity index (χ4v) is 1.83. The molecule has 0 spiro atoms. The Morgan fingerprint density at radius 2 is 2.11 bits per heavy atom. The molecule has 0 aliphatic rings. The molecule has 0 saturated heterocycles. The smallest absolute Gasteiger partial charge is 0.323 e. The van der Waals surface area contributed by atoms with Crippen molar-refractivity contribution in [1.82, 2.24) is 0 Å². The molecule has 0 fully saturated rings. The molecule has 0 saturated carbocycles. The normalized spacial score (nSPS) is 12.2. The highest BCUT2D eigenvalue weighted by Gasteiger charge is 2.16. The zero-order valence-electron chi connectivity index (χ0n) is 10.7. The van der Waals surface area contributed by atoms with E-state index in [-0.39, 0.29) is 5.97 Å². The Labute approximate surface area is 113 Å². The lowest BCUT2D eigenvalue weighted by atomic mass is 10.1. The van der Waals surface area contributed by atoms with Crippen LogP contribution in [0.3, 0.4) is 0 Å². The Morgan fingerprint density at radius 1 is 1.39 bits per heavy atom. The van der Waals surface area contributed by atoms with Gasteiger partial charge < -0.3 is 10.5 Å². The predicted octanol–water partition coefficient (Wildman–Crippen LogP) is 2.94. The highest BCUT2D eigenvalue weighted by atomic mass is 35.5. The lowest BCUT2D eigenvalue weighted by Crippen LogP contribution is -2.34. The zero-order chi connectivity index (χ0) is 13.4. The molecule has 1 aromatic rings. The summed E-state index contributed by atoms with van der Waals surface area (Å²) in [4.78, 5) is 11.6. The maximum Gasteiger partial charge on any atom is 0.323 e. The molecule has 0 radical (unpaired) electrons. The van der Waals surface area contributed by atoms with Crippen LogP contribution < -0.4 is 5.73 Å². The van der Waals surface area contributed by atoms with E-state index in [1.165, 1.54) is 0 Å². The second kappa shape index (κ2) is 8.11. The van der Waals surface area contributed by atoms with Gasteiger partial charge in [-0.25, -0.2) is 0 Å². The number of halogens is 1. The Bertz CT molecular complexity index is 382. The van der Waals surface area contributed by atoms with E-state index < -0.39 is 6.04 Å². The lowest BCUT2D eigenvalue weighted by Gasteiger charge is -2.12. The van der Waals surface area contributed by atoms with E-state index in [4.69, 9.17) is 22.1 Å². The first kappa shape index (κ1) is 15.0. The van der Waals surface area contributed by atoms with Gasteiger partial charge in [0.1, 0.15) is 6.04 Å². The quantitative estimate of drug-likeness (QED) is 0.612. The molecule has 3 nitrogen and oxygen atoms in total. The third kappa shape index (κ3) is 5.07. The summed E-state index contributed by atoms with van der Waals surface area (Å²) in [6.45, 7) is 2.55. The molecule has 4 heteroatoms. The molecule has 0 unspecified atom stereocenters. The number of carbonyl (C=O) groups is 1. The second-order valence-corrected chi connectivity index (χ2v) is 4.68. The van der Waals surface area contributed by atoms with Crippen molar-refractivity contribution in [3.8, 4) is 0 Å². The highest BCUT2D eigenvalue weighted by Crippen LogP contribution is 2.16. The number of carbonyl (C=O) groups excluding carboxylic acids is 1. The number of rotatable bonds is 7. The van der Waals surface area contributed by atoms with Crippen LogP contribution in [0, 0.1) is 0 Å². The van der Waals surface area contributed by atoms with Gasteiger partial charge in [0.25, 0.3) is 0 Å². The largest absolute Gasteiger partial charge is 0.465 e. The molecule has 0 amide bonds. The fourth-order valence-electron chi connectivity index (χ4n) is 1.62. The third-order valence-electron chi connectivity index (χ3n) is 2.69. The highest BCUT2D eigenvalue weighted by molar-refractivity contribution is 6.31. The Morgan fingerprint density at radius 3 is 2.78 bits per heavy atom. The molecule has 0 aromatic heterocycles. The van der Waals surface area contributed by atoms with Crippen LogP contribution in [0.15, 0.2) is 24.3 Å². The van der Waals surface area contributed by atoms with Crippen molar-refractivity contribution >= 4 is 17.6 Å². The second-order valence-electron chi connectivity index (χ2n) is 4.28. The minimum absolute atomic E-state index is 0.356. The van der Waals surface area contributed by atoms with Crippen LogP contribution in [0.2, 0.25) is 5.02 Å². The predicted molar refractivity (Wildman–Crippen MR) is 73.6 cm³/mol. The van der Waals surface area contributed by atoms with Crippen molar-refractivity contribution in [3.63, 3.8) is 0 Å². The topological polar surface area (TPSA) is 52.3 Å². The SMILES string of the molecule is CCCCCOC(=O)[C@@H](N)Cc1ccccc1Cl. The first-order chi connectivity index (χ1) is 8.65. The number of nitrogens with two attached hydrogens (primary N) is 1. The average Bonchev–Trinajstić information content (AvgIpc) is 2.37. The molecular formula is C14H20ClNO2. The summed E-state index contributed by atoms with van der Waals surface area (Å²) >= 11 is 6.01. The Balaban J connectivity index is 2.38. The monoisotopic (exact) mass is 269 g/mol. The molecule has 18 heavy (non-hydrogen) atoms. The molecule has 0 heterocycles. The minimum Gasteiger partial charge on any atom is -0.465 e. The summed E-state index contributed by atoms with van der Waals surface area (Å²) in [7, 11) is 0. The minimum atomic E-state index is -0.647. The van der Waals surface area contributed by atoms with Crippen LogP contribution in [0.4, 0.5) is 0 Å². The van der Waals surface area contributed by atoms with Gasteiger partial charge in [-0.2, -0.15) is 0 Å². The first-order valence-electron chi connectivity index (χ1n) is 6.30. The van der Waals surface area contributed by atoms with E-state index >= 15 is 0 Å². The summed E-state index contributed by atoms with van der Waals surface area (Å²) < 4.78 is 5.11. The number of esters is 1. The van der Waals surface area contributed by atoms with Gasteiger partial charge in [0.2, 0.25) is 0 Å². The van der Waals surface area contributed by atoms with Gasteiger partial charge in [-0.15, -0.1) is 0 Å². The summed E-state index contributed by atoms with van der Waals surface area (Å²) in [5, 5.41) is 0.631. The summed E-state index contributed by atoms with van der Waals surface area (Å²) in [5.74, 6) is -0.356. The molecular weight excluding hydrogens is 250 g/mol. The molecule has 100 valence electrons. The summed E-state index contributed by atoms with van der Waals surface area (Å²) in [6.07, 6.45) is 3.46. The number of unbranched alkanes of at least 4 members (excludes halogenated alkanes) is 2. The Kier molecular flexibility index (Phi) is 6.76. The van der Waals surface area contributed by atoms with Crippen LogP contribution in [-0.2, 0) is 16.0 Å². The number of hydrogen-bond acceptors (Lipinski definition) is 3. The van der Waals surface area contributed by atoms with Crippen LogP contribution in [0.25, 0.3) is 0 Å². The van der Waals surface area contributed by atoms with Gasteiger partial charge in [0, 0.05) is 5.02 Å². The van der Waals surface area contributed by atoms with Crippen LogP contribution in [0.5, 0.6) is 0 Å². The van der Waals surface area contributed by atoms with E-state index in [0.717, 1.165) is 24.8 Å². The number of ether oxygens (including phenoxy) is 1. The van der Waals surface area contributed by atoms with Gasteiger partial charge in [0.05, 0.1) is 6.61 Å². The molecule has 1 aromatic carbocycles. The number of hydrogen-bond donors (Lipinski definition) is 1. The van der Waals surface area contributed by atoms with Crippen LogP contribution >= 0.6 is 11.6 Å². The lowest BCUT2D eigenvalue weighted by molar-refractivity contribution is -0.145. The van der Waals surface area contributed by atoms with Gasteiger partial charge in [-0.3, -0.25) is 4.79 Å². The van der Waals surface area contributed by atoms with Crippen molar-refractivity contribution in [1.29, 1.82) is 0 Å². The van der Waals surface area contributed by atoms with E-state index in [0.29, 0.717) is 18.1 Å². The molecule has 0 aliphatic carbocycles. The zero-order valence-corrected chi connectivity index (χ0v) is 11.5. The Hall–Kier alpha value is -1.06. The van der Waals surface area contributed by atoms with Crippen molar-refractivity contribution in [2.24, 2.45) is 5.73 Å². The fraction of sp³-hybridized carbons (Fsp3) is 0.500. The van der Waals surface area contributed by atoms with Crippen molar-refractivity contribution < 1.29 is 9.53 Å². The molecule has 0 bridgehead atoms. The standard InChI is InChI=1S/C14H20ClNO2/c1-2-3-6-9-18-14(17)13(16)10-11-7-4-5-8-12(11)15/h4-5,7-8,13H,2-3,6,9-10,16H2,1H3/t13-/m0/s1. The van der Waals surface area contributed by atoms with E-state index in [2.05, 4.69) is 6.92 Å². The average molecular weight is 270 g/mol. The van der Waals surface area contributed by atoms with Crippen LogP contribution in [0.1, 0.15) is 31.7 Å². The van der Waals surface area contributed by atoms with Gasteiger partial charge >= 0.3 is 5.97 Å². The van der Waals surface area contributed by atoms with E-state index in [1.54, 1.807) is 6.07 Å². The molecule has 1 rings (SSSR count). The van der Waals surface area contributed by atoms with E-state index in [9.17, 15) is 4.79 Å². The first-order valence-corrected chi connectivity index (χ1v) is 6.68. The van der Waals surface area contributed by atoms with E-state index in [1.807, 2.05) is 18.2 Å². The van der Waals surface area contributed by atoms with Gasteiger partial charge in [0.15, 0.2) is 0 Å². The maximum absolute atomic E-state index is 11.6. The molecule has 2 N–H and O–H groups in total.